The first-order valence-electron chi connectivity index (χ1n) is 5.65. The molecule has 0 saturated carbocycles. The summed E-state index contributed by atoms with van der Waals surface area (Å²) in [5.74, 6) is -0.439. The molecule has 0 spiro atoms. The molecule has 2 aromatic carbocycles. The standard InChI is InChI=1S/C13H10BrClFNO3S/c1-20-12-4-3-9(7-10(12)15)17-21(18,19)13-5-2-8(14)6-11(13)16/h2-7,17H,1H3. The summed E-state index contributed by atoms with van der Waals surface area (Å²) in [7, 11) is -2.60. The van der Waals surface area contributed by atoms with E-state index in [2.05, 4.69) is 20.7 Å². The monoisotopic (exact) mass is 393 g/mol. The van der Waals surface area contributed by atoms with Crippen molar-refractivity contribution in [3.05, 3.63) is 51.7 Å². The Bertz CT molecular complexity index is 783. The van der Waals surface area contributed by atoms with Crippen LogP contribution < -0.4 is 9.46 Å². The van der Waals surface area contributed by atoms with E-state index in [4.69, 9.17) is 16.3 Å². The van der Waals surface area contributed by atoms with Gasteiger partial charge in [-0.15, -0.1) is 0 Å². The summed E-state index contributed by atoms with van der Waals surface area (Å²) in [5.41, 5.74) is 0.211. The van der Waals surface area contributed by atoms with Crippen molar-refractivity contribution in [1.82, 2.24) is 0 Å². The van der Waals surface area contributed by atoms with Crippen LogP contribution in [0.25, 0.3) is 0 Å². The number of benzene rings is 2. The maximum absolute atomic E-state index is 13.8. The highest BCUT2D eigenvalue weighted by atomic mass is 79.9. The van der Waals surface area contributed by atoms with Crippen LogP contribution in [0.4, 0.5) is 10.1 Å². The first-order valence-corrected chi connectivity index (χ1v) is 8.30. The Balaban J connectivity index is 2.35. The molecule has 0 radical (unpaired) electrons. The van der Waals surface area contributed by atoms with Crippen molar-refractivity contribution >= 4 is 43.2 Å². The van der Waals surface area contributed by atoms with Crippen LogP contribution in [0.3, 0.4) is 0 Å². The zero-order chi connectivity index (χ0) is 15.6. The maximum Gasteiger partial charge on any atom is 0.264 e. The minimum absolute atomic E-state index is 0.211. The third-order valence-electron chi connectivity index (χ3n) is 2.59. The van der Waals surface area contributed by atoms with Crippen LogP contribution in [0, 0.1) is 5.82 Å². The molecule has 0 saturated heterocycles. The van der Waals surface area contributed by atoms with Crippen molar-refractivity contribution in [2.24, 2.45) is 0 Å². The summed E-state index contributed by atoms with van der Waals surface area (Å²) in [6.45, 7) is 0. The highest BCUT2D eigenvalue weighted by Crippen LogP contribution is 2.29. The molecule has 0 aliphatic heterocycles. The van der Waals surface area contributed by atoms with Gasteiger partial charge in [0, 0.05) is 4.47 Å². The number of methoxy groups -OCH3 is 1. The fourth-order valence-corrected chi connectivity index (χ4v) is 3.33. The highest BCUT2D eigenvalue weighted by molar-refractivity contribution is 9.10. The normalized spacial score (nSPS) is 11.2. The molecule has 0 aliphatic carbocycles. The third kappa shape index (κ3) is 3.66. The predicted molar refractivity (Wildman–Crippen MR) is 82.9 cm³/mol. The topological polar surface area (TPSA) is 55.4 Å². The fraction of sp³-hybridized carbons (Fsp3) is 0.0769. The molecule has 2 rings (SSSR count). The van der Waals surface area contributed by atoms with Crippen molar-refractivity contribution in [2.75, 3.05) is 11.8 Å². The lowest BCUT2D eigenvalue weighted by Crippen LogP contribution is -2.14. The Morgan fingerprint density at radius 3 is 2.52 bits per heavy atom. The minimum atomic E-state index is -4.04. The van der Waals surface area contributed by atoms with Gasteiger partial charge in [0.1, 0.15) is 16.5 Å². The Morgan fingerprint density at radius 1 is 1.24 bits per heavy atom. The van der Waals surface area contributed by atoms with E-state index in [1.165, 1.54) is 37.4 Å². The molecular formula is C13H10BrClFNO3S. The van der Waals surface area contributed by atoms with E-state index < -0.39 is 20.7 Å². The Kier molecular flexibility index (Phi) is 4.75. The van der Waals surface area contributed by atoms with Gasteiger partial charge in [0.2, 0.25) is 0 Å². The fourth-order valence-electron chi connectivity index (χ4n) is 1.63. The molecule has 0 heterocycles. The Labute approximate surface area is 135 Å². The van der Waals surface area contributed by atoms with Gasteiger partial charge >= 0.3 is 0 Å². The molecule has 21 heavy (non-hydrogen) atoms. The summed E-state index contributed by atoms with van der Waals surface area (Å²) in [6, 6.07) is 8.06. The molecule has 0 aliphatic rings. The van der Waals surface area contributed by atoms with Crippen molar-refractivity contribution in [3.8, 4) is 5.75 Å². The van der Waals surface area contributed by atoms with Crippen LogP contribution in [-0.4, -0.2) is 15.5 Å². The molecule has 0 bridgehead atoms. The lowest BCUT2D eigenvalue weighted by molar-refractivity contribution is 0.415. The van der Waals surface area contributed by atoms with E-state index in [9.17, 15) is 12.8 Å². The molecule has 0 fully saturated rings. The first kappa shape index (κ1) is 16.1. The van der Waals surface area contributed by atoms with Crippen molar-refractivity contribution in [3.63, 3.8) is 0 Å². The number of hydrogen-bond donors (Lipinski definition) is 1. The van der Waals surface area contributed by atoms with Crippen LogP contribution in [0.2, 0.25) is 5.02 Å². The minimum Gasteiger partial charge on any atom is -0.495 e. The average Bonchev–Trinajstić information content (AvgIpc) is 2.37. The molecule has 0 unspecified atom stereocenters. The van der Waals surface area contributed by atoms with E-state index in [-0.39, 0.29) is 10.7 Å². The molecule has 112 valence electrons. The second kappa shape index (κ2) is 6.21. The van der Waals surface area contributed by atoms with Gasteiger partial charge in [0.05, 0.1) is 17.8 Å². The van der Waals surface area contributed by atoms with Gasteiger partial charge in [-0.2, -0.15) is 0 Å². The van der Waals surface area contributed by atoms with E-state index in [0.29, 0.717) is 10.2 Å². The van der Waals surface area contributed by atoms with Crippen LogP contribution in [-0.2, 0) is 10.0 Å². The Morgan fingerprint density at radius 2 is 1.95 bits per heavy atom. The van der Waals surface area contributed by atoms with Crippen molar-refractivity contribution < 1.29 is 17.5 Å². The number of halogens is 3. The number of ether oxygens (including phenoxy) is 1. The van der Waals surface area contributed by atoms with Gasteiger partial charge in [0.25, 0.3) is 10.0 Å². The van der Waals surface area contributed by atoms with E-state index in [1.807, 2.05) is 0 Å². The maximum atomic E-state index is 13.8. The smallest absolute Gasteiger partial charge is 0.264 e. The number of hydrogen-bond acceptors (Lipinski definition) is 3. The Hall–Kier alpha value is -1.31. The number of sulfonamides is 1. The van der Waals surface area contributed by atoms with Crippen LogP contribution in [0.5, 0.6) is 5.75 Å². The number of rotatable bonds is 4. The number of nitrogens with one attached hydrogen (secondary N) is 1. The first-order chi connectivity index (χ1) is 9.83. The molecule has 2 aromatic rings. The lowest BCUT2D eigenvalue weighted by Gasteiger charge is -2.10. The number of anilines is 1. The molecule has 1 N–H and O–H groups in total. The predicted octanol–water partition coefficient (Wildman–Crippen LogP) is 4.05. The zero-order valence-electron chi connectivity index (χ0n) is 10.7. The quantitative estimate of drug-likeness (QED) is 0.851. The summed E-state index contributed by atoms with van der Waals surface area (Å²) < 4.78 is 45.8. The molecular weight excluding hydrogens is 385 g/mol. The van der Waals surface area contributed by atoms with E-state index in [0.717, 1.165) is 6.07 Å². The van der Waals surface area contributed by atoms with Crippen molar-refractivity contribution in [2.45, 2.75) is 4.90 Å². The van der Waals surface area contributed by atoms with Gasteiger partial charge in [-0.1, -0.05) is 27.5 Å². The summed E-state index contributed by atoms with van der Waals surface area (Å²) in [6.07, 6.45) is 0. The largest absolute Gasteiger partial charge is 0.495 e. The molecule has 0 atom stereocenters. The summed E-state index contributed by atoms with van der Waals surface area (Å²) >= 11 is 8.99. The van der Waals surface area contributed by atoms with Gasteiger partial charge in [-0.25, -0.2) is 12.8 Å². The van der Waals surface area contributed by atoms with Gasteiger partial charge in [-0.05, 0) is 36.4 Å². The van der Waals surface area contributed by atoms with Crippen molar-refractivity contribution in [1.29, 1.82) is 0 Å². The summed E-state index contributed by atoms with van der Waals surface area (Å²) in [5, 5.41) is 0.244. The third-order valence-corrected chi connectivity index (χ3v) is 4.79. The average molecular weight is 395 g/mol. The SMILES string of the molecule is COc1ccc(NS(=O)(=O)c2ccc(Br)cc2F)cc1Cl. The second-order valence-electron chi connectivity index (χ2n) is 4.03. The van der Waals surface area contributed by atoms with Crippen LogP contribution in [0.1, 0.15) is 0 Å². The second-order valence-corrected chi connectivity index (χ2v) is 7.00. The molecule has 0 amide bonds. The van der Waals surface area contributed by atoms with Crippen LogP contribution >= 0.6 is 27.5 Å². The van der Waals surface area contributed by atoms with Crippen LogP contribution in [0.15, 0.2) is 45.8 Å². The van der Waals surface area contributed by atoms with Gasteiger partial charge in [-0.3, -0.25) is 4.72 Å². The summed E-state index contributed by atoms with van der Waals surface area (Å²) in [4.78, 5) is -0.447. The molecule has 0 aromatic heterocycles. The highest BCUT2D eigenvalue weighted by Gasteiger charge is 2.19. The zero-order valence-corrected chi connectivity index (χ0v) is 13.9. The van der Waals surface area contributed by atoms with Gasteiger partial charge < -0.3 is 4.74 Å². The van der Waals surface area contributed by atoms with Gasteiger partial charge in [0.15, 0.2) is 0 Å². The van der Waals surface area contributed by atoms with E-state index >= 15 is 0 Å². The molecule has 4 nitrogen and oxygen atoms in total. The molecule has 8 heteroatoms. The lowest BCUT2D eigenvalue weighted by atomic mass is 10.3. The van der Waals surface area contributed by atoms with E-state index in [1.54, 1.807) is 0 Å².